The van der Waals surface area contributed by atoms with Crippen LogP contribution in [0.2, 0.25) is 10.0 Å². The van der Waals surface area contributed by atoms with Crippen molar-refractivity contribution < 1.29 is 14.0 Å². The van der Waals surface area contributed by atoms with E-state index >= 15 is 4.39 Å². The van der Waals surface area contributed by atoms with Crippen LogP contribution < -0.4 is 5.32 Å². The van der Waals surface area contributed by atoms with Gasteiger partial charge in [-0.2, -0.15) is 5.26 Å². The summed E-state index contributed by atoms with van der Waals surface area (Å²) in [4.78, 5) is 34.6. The summed E-state index contributed by atoms with van der Waals surface area (Å²) in [6.07, 6.45) is 5.84. The predicted octanol–water partition coefficient (Wildman–Crippen LogP) is 7.09. The summed E-state index contributed by atoms with van der Waals surface area (Å²) in [6, 6.07) is 11.5. The number of likely N-dealkylation sites (tertiary alicyclic amines) is 1. The van der Waals surface area contributed by atoms with E-state index in [1.807, 2.05) is 28.8 Å². The number of hydrogen-bond donors (Lipinski definition) is 1. The number of aryl methyl sites for hydroxylation is 2. The predicted molar refractivity (Wildman–Crippen MR) is 203 cm³/mol. The quantitative estimate of drug-likeness (QED) is 0.170. The Labute approximate surface area is 322 Å². The maximum Gasteiger partial charge on any atom is 0.226 e. The van der Waals surface area contributed by atoms with Crippen LogP contribution in [0.4, 0.5) is 4.39 Å². The Kier molecular flexibility index (Phi) is 8.67. The first-order valence-corrected chi connectivity index (χ1v) is 19.4. The number of benzene rings is 2. The van der Waals surface area contributed by atoms with E-state index in [4.69, 9.17) is 28.2 Å². The maximum absolute atomic E-state index is 17.2. The van der Waals surface area contributed by atoms with Crippen molar-refractivity contribution in [2.75, 3.05) is 20.1 Å². The molecule has 2 bridgehead atoms. The van der Waals surface area contributed by atoms with Gasteiger partial charge in [-0.15, -0.1) is 5.10 Å². The number of hydrogen-bond acceptors (Lipinski definition) is 7. The minimum Gasteiger partial charge on any atom is -0.340 e. The molecule has 2 amide bonds. The molecule has 3 aromatic heterocycles. The Bertz CT molecular complexity index is 2400. The minimum atomic E-state index is -0.498. The molecule has 2 saturated carbocycles. The zero-order chi connectivity index (χ0) is 37.6. The lowest BCUT2D eigenvalue weighted by Gasteiger charge is -2.39. The van der Waals surface area contributed by atoms with Crippen molar-refractivity contribution in [2.24, 2.45) is 11.8 Å². The Morgan fingerprint density at radius 2 is 1.98 bits per heavy atom. The lowest BCUT2D eigenvalue weighted by molar-refractivity contribution is -0.133. The Balaban J connectivity index is 1.23. The fraction of sp³-hybridized carbons (Fsp3) is 0.450. The molecule has 0 radical (unpaired) electrons. The van der Waals surface area contributed by atoms with Gasteiger partial charge in [-0.1, -0.05) is 40.5 Å². The van der Waals surface area contributed by atoms with E-state index in [2.05, 4.69) is 32.3 Å². The highest BCUT2D eigenvalue weighted by atomic mass is 35.5. The molecule has 11 nitrogen and oxygen atoms in total. The molecule has 14 heteroatoms. The molecule has 6 heterocycles. The van der Waals surface area contributed by atoms with Gasteiger partial charge in [0.1, 0.15) is 11.2 Å². The summed E-state index contributed by atoms with van der Waals surface area (Å²) < 4.78 is 21.5. The van der Waals surface area contributed by atoms with Gasteiger partial charge < -0.3 is 19.7 Å². The first-order chi connectivity index (χ1) is 26.0. The van der Waals surface area contributed by atoms with Crippen molar-refractivity contribution >= 4 is 56.8 Å². The Hall–Kier alpha value is -4.57. The summed E-state index contributed by atoms with van der Waals surface area (Å²) in [7, 11) is 1.73. The number of amides is 2. The molecule has 2 aliphatic carbocycles. The average molecular weight is 769 g/mol. The summed E-state index contributed by atoms with van der Waals surface area (Å²) in [5.41, 5.74) is 4.95. The van der Waals surface area contributed by atoms with E-state index in [-0.39, 0.29) is 58.9 Å². The van der Waals surface area contributed by atoms with E-state index in [0.717, 1.165) is 42.4 Å². The number of fused-ring (bicyclic) bond motifs is 4. The van der Waals surface area contributed by atoms with Crippen LogP contribution >= 0.6 is 23.2 Å². The molecule has 5 atom stereocenters. The topological polar surface area (TPSA) is 125 Å². The highest BCUT2D eigenvalue weighted by molar-refractivity contribution is 6.43. The van der Waals surface area contributed by atoms with Crippen molar-refractivity contribution in [1.82, 2.24) is 39.7 Å². The highest BCUT2D eigenvalue weighted by Crippen LogP contribution is 2.52. The monoisotopic (exact) mass is 767 g/mol. The number of nitrogens with zero attached hydrogens (tertiary/aromatic N) is 8. The second kappa shape index (κ2) is 13.3. The van der Waals surface area contributed by atoms with E-state index < -0.39 is 5.82 Å². The van der Waals surface area contributed by atoms with Gasteiger partial charge in [0, 0.05) is 78.7 Å². The van der Waals surface area contributed by atoms with E-state index in [0.29, 0.717) is 70.3 Å². The van der Waals surface area contributed by atoms with Gasteiger partial charge in [-0.25, -0.2) is 14.1 Å². The number of pyridine rings is 1. The molecule has 278 valence electrons. The van der Waals surface area contributed by atoms with Gasteiger partial charge in [0.25, 0.3) is 0 Å². The number of aromatic nitrogens is 5. The molecule has 1 N–H and O–H groups in total. The van der Waals surface area contributed by atoms with Gasteiger partial charge in [-0.05, 0) is 68.7 Å². The molecule has 0 spiro atoms. The molecular weight excluding hydrogens is 728 g/mol. The molecule has 5 aromatic rings. The van der Waals surface area contributed by atoms with Gasteiger partial charge in [0.2, 0.25) is 11.8 Å². The third-order valence-electron chi connectivity index (χ3n) is 12.1. The molecule has 10 rings (SSSR count). The molecule has 5 fully saturated rings. The van der Waals surface area contributed by atoms with Crippen LogP contribution in [0.5, 0.6) is 0 Å². The van der Waals surface area contributed by atoms with Gasteiger partial charge in [0.05, 0.1) is 52.5 Å². The van der Waals surface area contributed by atoms with E-state index in [1.165, 1.54) is 6.92 Å². The lowest BCUT2D eigenvalue weighted by atomic mass is 9.79. The summed E-state index contributed by atoms with van der Waals surface area (Å²) in [5, 5.41) is 24.3. The molecule has 5 aliphatic rings. The zero-order valence-electron chi connectivity index (χ0n) is 30.3. The van der Waals surface area contributed by atoms with Crippen LogP contribution in [-0.4, -0.2) is 72.3 Å². The van der Waals surface area contributed by atoms with Crippen molar-refractivity contribution in [2.45, 2.75) is 83.1 Å². The first kappa shape index (κ1) is 35.2. The number of halogens is 3. The van der Waals surface area contributed by atoms with Crippen LogP contribution in [-0.2, 0) is 22.6 Å². The van der Waals surface area contributed by atoms with Crippen molar-refractivity contribution in [3.8, 4) is 17.2 Å². The van der Waals surface area contributed by atoms with E-state index in [9.17, 15) is 14.9 Å². The van der Waals surface area contributed by atoms with Gasteiger partial charge in [0.15, 0.2) is 5.82 Å². The van der Waals surface area contributed by atoms with Crippen molar-refractivity contribution in [1.29, 1.82) is 5.26 Å². The zero-order valence-corrected chi connectivity index (χ0v) is 31.8. The second-order valence-electron chi connectivity index (χ2n) is 15.5. The average Bonchev–Trinajstić information content (AvgIpc) is 3.62. The third kappa shape index (κ3) is 5.66. The van der Waals surface area contributed by atoms with Gasteiger partial charge >= 0.3 is 0 Å². The SMILES string of the molecule is CC(=O)N(C)Cc1cn(C2CC(c3cc4c(C)nc5c(F)c(-c6cccc(Cl)c6Cl)c(CCC#N)cc5c4n3C3C4CNC3C4)N(C(=O)C3CC3)C2)nn1. The third-order valence-corrected chi connectivity index (χ3v) is 12.9. The van der Waals surface area contributed by atoms with Crippen molar-refractivity contribution in [3.05, 3.63) is 75.0 Å². The molecule has 2 aromatic carbocycles. The molecule has 5 unspecified atom stereocenters. The van der Waals surface area contributed by atoms with Crippen molar-refractivity contribution in [3.63, 3.8) is 0 Å². The maximum atomic E-state index is 17.2. The van der Waals surface area contributed by atoms with Crippen LogP contribution in [0, 0.1) is 35.9 Å². The van der Waals surface area contributed by atoms with Gasteiger partial charge in [-0.3, -0.25) is 9.59 Å². The fourth-order valence-corrected chi connectivity index (χ4v) is 9.51. The number of rotatable bonds is 9. The molecule has 3 saturated heterocycles. The minimum absolute atomic E-state index is 0.0129. The largest absolute Gasteiger partial charge is 0.340 e. The first-order valence-electron chi connectivity index (χ1n) is 18.7. The highest BCUT2D eigenvalue weighted by Gasteiger charge is 2.51. The summed E-state index contributed by atoms with van der Waals surface area (Å²) in [6.45, 7) is 5.16. The number of nitriles is 1. The fourth-order valence-electron chi connectivity index (χ4n) is 9.11. The smallest absolute Gasteiger partial charge is 0.226 e. The Morgan fingerprint density at radius 3 is 2.69 bits per heavy atom. The van der Waals surface area contributed by atoms with E-state index in [1.54, 1.807) is 30.1 Å². The summed E-state index contributed by atoms with van der Waals surface area (Å²) in [5.74, 6) is -0.00120. The van der Waals surface area contributed by atoms with Crippen LogP contribution in [0.15, 0.2) is 36.5 Å². The molecular formula is C40H40Cl2FN9O2. The Morgan fingerprint density at radius 1 is 1.17 bits per heavy atom. The van der Waals surface area contributed by atoms with Crippen LogP contribution in [0.1, 0.15) is 79.8 Å². The van der Waals surface area contributed by atoms with Crippen LogP contribution in [0.3, 0.4) is 0 Å². The van der Waals surface area contributed by atoms with Crippen LogP contribution in [0.25, 0.3) is 32.9 Å². The second-order valence-corrected chi connectivity index (χ2v) is 16.3. The summed E-state index contributed by atoms with van der Waals surface area (Å²) >= 11 is 13.1. The number of carbonyl (C=O) groups is 2. The number of nitrogens with one attached hydrogen (secondary N) is 1. The lowest BCUT2D eigenvalue weighted by Crippen LogP contribution is -2.41. The molecule has 54 heavy (non-hydrogen) atoms. The number of carbonyl (C=O) groups excluding carboxylic acids is 2. The standard InChI is InChI=1S/C40H40Cl2FN9O2/c1-20-28-15-33(32-14-26(19-50(32)40(54)22-9-10-22)51-18-25(47-48-51)17-49(3)21(2)53)52(38-24-13-31(38)45-16-24)39(28)29-12-23(6-5-11-44)34(36(43)37(29)46-20)27-7-4-8-30(41)35(27)42/h4,7-8,12,15,18,22,24,26,31-32,38,45H,5-6,9-10,13-14,16-17,19H2,1-3H3. The molecule has 3 aliphatic heterocycles. The normalized spacial score (nSPS) is 23.3.